The van der Waals surface area contributed by atoms with E-state index in [4.69, 9.17) is 4.98 Å². The van der Waals surface area contributed by atoms with Crippen molar-refractivity contribution in [3.8, 4) is 11.1 Å². The van der Waals surface area contributed by atoms with Crippen LogP contribution in [0.2, 0.25) is 0 Å². The molecule has 1 aliphatic rings. The summed E-state index contributed by atoms with van der Waals surface area (Å²) in [5.74, 6) is 0. The Bertz CT molecular complexity index is 582. The molecule has 0 saturated carbocycles. The molecule has 1 aromatic heterocycles. The molecule has 0 saturated heterocycles. The zero-order valence-electron chi connectivity index (χ0n) is 9.96. The van der Waals surface area contributed by atoms with Crippen molar-refractivity contribution in [3.05, 3.63) is 52.3 Å². The van der Waals surface area contributed by atoms with E-state index in [1.165, 1.54) is 33.5 Å². The smallest absolute Gasteiger partial charge is 0.0529 e. The van der Waals surface area contributed by atoms with Crippen molar-refractivity contribution in [1.29, 1.82) is 0 Å². The average Bonchev–Trinajstić information content (AvgIpc) is 2.57. The van der Waals surface area contributed by atoms with E-state index in [-0.39, 0.29) is 0 Å². The quantitative estimate of drug-likeness (QED) is 0.551. The Hall–Kier alpha value is -1.63. The Labute approximate surface area is 96.2 Å². The number of pyridine rings is 1. The molecule has 0 atom stereocenters. The van der Waals surface area contributed by atoms with Crippen LogP contribution in [0, 0.1) is 20.8 Å². The van der Waals surface area contributed by atoms with Crippen LogP contribution in [0.15, 0.2) is 24.3 Å². The first kappa shape index (κ1) is 9.59. The van der Waals surface area contributed by atoms with E-state index in [0.29, 0.717) is 0 Å². The molecule has 0 amide bonds. The first-order valence-corrected chi connectivity index (χ1v) is 5.72. The summed E-state index contributed by atoms with van der Waals surface area (Å²) < 4.78 is 0. The minimum absolute atomic E-state index is 0.992. The van der Waals surface area contributed by atoms with Crippen molar-refractivity contribution >= 4 is 0 Å². The van der Waals surface area contributed by atoms with Gasteiger partial charge in [0.05, 0.1) is 5.69 Å². The molecule has 1 nitrogen and oxygen atoms in total. The monoisotopic (exact) mass is 209 g/mol. The van der Waals surface area contributed by atoms with Crippen LogP contribution in [0.1, 0.15) is 28.1 Å². The second kappa shape index (κ2) is 3.18. The summed E-state index contributed by atoms with van der Waals surface area (Å²) >= 11 is 0. The predicted octanol–water partition coefficient (Wildman–Crippen LogP) is 3.58. The standard InChI is InChI=1S/C15H15N/c1-9-4-5-12-8-15-14(13(12)6-9)7-10(2)11(3)16-15/h4-7H,8H2,1-3H3. The lowest BCUT2D eigenvalue weighted by atomic mass is 10.0. The molecule has 0 radical (unpaired) electrons. The van der Waals surface area contributed by atoms with E-state index in [9.17, 15) is 0 Å². The van der Waals surface area contributed by atoms with Crippen LogP contribution in [-0.2, 0) is 6.42 Å². The van der Waals surface area contributed by atoms with Gasteiger partial charge in [-0.05, 0) is 43.5 Å². The van der Waals surface area contributed by atoms with Crippen LogP contribution in [0.3, 0.4) is 0 Å². The normalized spacial score (nSPS) is 12.4. The lowest BCUT2D eigenvalue weighted by molar-refractivity contribution is 1.05. The van der Waals surface area contributed by atoms with Crippen molar-refractivity contribution in [1.82, 2.24) is 4.98 Å². The number of nitrogens with zero attached hydrogens (tertiary/aromatic N) is 1. The van der Waals surface area contributed by atoms with Crippen molar-refractivity contribution in [2.24, 2.45) is 0 Å². The van der Waals surface area contributed by atoms with Gasteiger partial charge >= 0.3 is 0 Å². The Morgan fingerprint density at radius 2 is 1.81 bits per heavy atom. The second-order valence-electron chi connectivity index (χ2n) is 4.72. The van der Waals surface area contributed by atoms with Crippen LogP contribution in [0.4, 0.5) is 0 Å². The molecule has 1 aromatic carbocycles. The van der Waals surface area contributed by atoms with Gasteiger partial charge in [0.25, 0.3) is 0 Å². The van der Waals surface area contributed by atoms with Crippen LogP contribution >= 0.6 is 0 Å². The molecule has 0 N–H and O–H groups in total. The zero-order chi connectivity index (χ0) is 11.3. The third-order valence-corrected chi connectivity index (χ3v) is 3.46. The topological polar surface area (TPSA) is 12.9 Å². The maximum absolute atomic E-state index is 4.70. The summed E-state index contributed by atoms with van der Waals surface area (Å²) in [7, 11) is 0. The molecule has 1 aliphatic carbocycles. The van der Waals surface area contributed by atoms with Crippen molar-refractivity contribution in [2.45, 2.75) is 27.2 Å². The number of aryl methyl sites for hydroxylation is 3. The highest BCUT2D eigenvalue weighted by Gasteiger charge is 2.20. The van der Waals surface area contributed by atoms with E-state index < -0.39 is 0 Å². The largest absolute Gasteiger partial charge is 0.257 e. The van der Waals surface area contributed by atoms with Gasteiger partial charge in [-0.25, -0.2) is 0 Å². The summed E-state index contributed by atoms with van der Waals surface area (Å²) in [6, 6.07) is 8.97. The van der Waals surface area contributed by atoms with Gasteiger partial charge in [0, 0.05) is 17.7 Å². The first-order chi connectivity index (χ1) is 7.65. The lowest BCUT2D eigenvalue weighted by Crippen LogP contribution is -1.92. The fourth-order valence-corrected chi connectivity index (χ4v) is 2.40. The van der Waals surface area contributed by atoms with Gasteiger partial charge in [0.2, 0.25) is 0 Å². The SMILES string of the molecule is Cc1ccc2c(c1)-c1cc(C)c(C)nc1C2. The summed E-state index contributed by atoms with van der Waals surface area (Å²) in [5, 5.41) is 0. The number of fused-ring (bicyclic) bond motifs is 3. The van der Waals surface area contributed by atoms with Crippen LogP contribution in [0.5, 0.6) is 0 Å². The van der Waals surface area contributed by atoms with E-state index in [1.54, 1.807) is 0 Å². The van der Waals surface area contributed by atoms with E-state index in [2.05, 4.69) is 45.0 Å². The molecular formula is C15H15N. The average molecular weight is 209 g/mol. The van der Waals surface area contributed by atoms with Crippen molar-refractivity contribution in [2.75, 3.05) is 0 Å². The minimum atomic E-state index is 0.992. The van der Waals surface area contributed by atoms with Crippen molar-refractivity contribution < 1.29 is 0 Å². The van der Waals surface area contributed by atoms with Gasteiger partial charge < -0.3 is 0 Å². The number of rotatable bonds is 0. The highest BCUT2D eigenvalue weighted by molar-refractivity contribution is 5.76. The number of aromatic nitrogens is 1. The third-order valence-electron chi connectivity index (χ3n) is 3.46. The Morgan fingerprint density at radius 1 is 1.00 bits per heavy atom. The van der Waals surface area contributed by atoms with E-state index >= 15 is 0 Å². The highest BCUT2D eigenvalue weighted by atomic mass is 14.7. The molecule has 0 fully saturated rings. The molecule has 16 heavy (non-hydrogen) atoms. The molecule has 0 spiro atoms. The van der Waals surface area contributed by atoms with Crippen LogP contribution in [0.25, 0.3) is 11.1 Å². The van der Waals surface area contributed by atoms with Gasteiger partial charge in [-0.15, -0.1) is 0 Å². The van der Waals surface area contributed by atoms with Gasteiger partial charge in [0.15, 0.2) is 0 Å². The fraction of sp³-hybridized carbons (Fsp3) is 0.267. The van der Waals surface area contributed by atoms with Gasteiger partial charge in [0.1, 0.15) is 0 Å². The maximum atomic E-state index is 4.70. The Morgan fingerprint density at radius 3 is 2.62 bits per heavy atom. The predicted molar refractivity (Wildman–Crippen MR) is 66.7 cm³/mol. The molecular weight excluding hydrogens is 194 g/mol. The summed E-state index contributed by atoms with van der Waals surface area (Å²) in [5.41, 5.74) is 9.13. The molecule has 0 aliphatic heterocycles. The molecule has 0 bridgehead atoms. The van der Waals surface area contributed by atoms with E-state index in [1.807, 2.05) is 0 Å². The molecule has 3 rings (SSSR count). The van der Waals surface area contributed by atoms with Gasteiger partial charge in [-0.3, -0.25) is 4.98 Å². The first-order valence-electron chi connectivity index (χ1n) is 5.72. The summed E-state index contributed by atoms with van der Waals surface area (Å²) in [6.45, 7) is 6.37. The number of hydrogen-bond acceptors (Lipinski definition) is 1. The Balaban J connectivity index is 2.28. The van der Waals surface area contributed by atoms with Crippen molar-refractivity contribution in [3.63, 3.8) is 0 Å². The number of hydrogen-bond donors (Lipinski definition) is 0. The molecule has 0 unspecified atom stereocenters. The maximum Gasteiger partial charge on any atom is 0.0529 e. The van der Waals surface area contributed by atoms with Gasteiger partial charge in [-0.2, -0.15) is 0 Å². The molecule has 1 heteroatoms. The third kappa shape index (κ3) is 1.28. The molecule has 80 valence electrons. The number of benzene rings is 1. The van der Waals surface area contributed by atoms with E-state index in [0.717, 1.165) is 12.1 Å². The second-order valence-corrected chi connectivity index (χ2v) is 4.72. The summed E-state index contributed by atoms with van der Waals surface area (Å²) in [4.78, 5) is 4.70. The lowest BCUT2D eigenvalue weighted by Gasteiger charge is -2.05. The minimum Gasteiger partial charge on any atom is -0.257 e. The van der Waals surface area contributed by atoms with Crippen LogP contribution < -0.4 is 0 Å². The molecule has 2 aromatic rings. The Kier molecular flexibility index (Phi) is 1.90. The van der Waals surface area contributed by atoms with Crippen LogP contribution in [-0.4, -0.2) is 4.98 Å². The zero-order valence-corrected chi connectivity index (χ0v) is 9.96. The summed E-state index contributed by atoms with van der Waals surface area (Å²) in [6.07, 6.45) is 0.992. The highest BCUT2D eigenvalue weighted by Crippen LogP contribution is 2.36. The molecule has 1 heterocycles. The van der Waals surface area contributed by atoms with Gasteiger partial charge in [-0.1, -0.05) is 23.8 Å². The fourth-order valence-electron chi connectivity index (χ4n) is 2.40.